The van der Waals surface area contributed by atoms with Gasteiger partial charge in [0.05, 0.1) is 18.3 Å². The fraction of sp³-hybridized carbons (Fsp3) is 0.318. The van der Waals surface area contributed by atoms with Gasteiger partial charge in [0.15, 0.2) is 5.13 Å². The molecule has 2 unspecified atom stereocenters. The van der Waals surface area contributed by atoms with Gasteiger partial charge in [-0.3, -0.25) is 15.1 Å². The van der Waals surface area contributed by atoms with Crippen molar-refractivity contribution in [2.75, 3.05) is 16.8 Å². The van der Waals surface area contributed by atoms with Crippen LogP contribution in [-0.2, 0) is 16.1 Å². The maximum Gasteiger partial charge on any atom is 0.255 e. The van der Waals surface area contributed by atoms with Gasteiger partial charge in [0.25, 0.3) is 5.91 Å². The maximum absolute atomic E-state index is 12.5. The van der Waals surface area contributed by atoms with Crippen LogP contribution in [0, 0.1) is 0 Å². The van der Waals surface area contributed by atoms with Gasteiger partial charge < -0.3 is 9.64 Å². The van der Waals surface area contributed by atoms with Crippen LogP contribution in [0.2, 0.25) is 0 Å². The number of hydrogen-bond donors (Lipinski definition) is 1. The van der Waals surface area contributed by atoms with E-state index in [0.717, 1.165) is 30.6 Å². The molecule has 2 atom stereocenters. The van der Waals surface area contributed by atoms with Gasteiger partial charge in [-0.05, 0) is 49.6 Å². The monoisotopic (exact) mass is 408 g/mol. The highest BCUT2D eigenvalue weighted by Crippen LogP contribution is 2.37. The number of hydrogen-bond acceptors (Lipinski definition) is 6. The molecule has 0 bridgehead atoms. The van der Waals surface area contributed by atoms with E-state index in [1.165, 1.54) is 17.0 Å². The average molecular weight is 409 g/mol. The number of amides is 1. The van der Waals surface area contributed by atoms with Crippen LogP contribution in [0.15, 0.2) is 60.2 Å². The number of aromatic nitrogens is 2. The number of rotatable bonds is 7. The van der Waals surface area contributed by atoms with Gasteiger partial charge in [-0.25, -0.2) is 4.98 Å². The van der Waals surface area contributed by atoms with E-state index in [9.17, 15) is 4.79 Å². The van der Waals surface area contributed by atoms with Crippen LogP contribution < -0.4 is 10.2 Å². The summed E-state index contributed by atoms with van der Waals surface area (Å²) in [5.74, 6) is -0.189. The molecule has 6 nitrogen and oxygen atoms in total. The van der Waals surface area contributed by atoms with Crippen LogP contribution in [0.1, 0.15) is 37.1 Å². The van der Waals surface area contributed by atoms with Crippen molar-refractivity contribution >= 4 is 28.1 Å². The highest BCUT2D eigenvalue weighted by atomic mass is 32.1. The van der Waals surface area contributed by atoms with Crippen molar-refractivity contribution in [3.8, 4) is 0 Å². The Hall–Kier alpha value is -2.77. The Morgan fingerprint density at radius 3 is 2.86 bits per heavy atom. The number of thiazole rings is 1. The predicted molar refractivity (Wildman–Crippen MR) is 115 cm³/mol. The summed E-state index contributed by atoms with van der Waals surface area (Å²) in [5.41, 5.74) is 3.21. The molecule has 7 heteroatoms. The summed E-state index contributed by atoms with van der Waals surface area (Å²) in [6.07, 6.45) is 5.06. The Morgan fingerprint density at radius 2 is 2.07 bits per heavy atom. The predicted octanol–water partition coefficient (Wildman–Crippen LogP) is 4.42. The summed E-state index contributed by atoms with van der Waals surface area (Å²) in [6, 6.07) is 14.4. The molecule has 1 saturated heterocycles. The molecule has 2 aromatic heterocycles. The van der Waals surface area contributed by atoms with Gasteiger partial charge >= 0.3 is 0 Å². The minimum Gasteiger partial charge on any atom is -0.364 e. The molecule has 150 valence electrons. The molecule has 1 N–H and O–H groups in total. The van der Waals surface area contributed by atoms with Crippen LogP contribution >= 0.6 is 11.3 Å². The smallest absolute Gasteiger partial charge is 0.255 e. The molecular weight excluding hydrogens is 384 g/mol. The molecule has 4 rings (SSSR count). The lowest BCUT2D eigenvalue weighted by Crippen LogP contribution is -2.27. The molecule has 0 radical (unpaired) electrons. The van der Waals surface area contributed by atoms with Crippen molar-refractivity contribution in [3.63, 3.8) is 0 Å². The molecule has 3 heterocycles. The SMILES string of the molecule is CC(OCc1ccncc1)C(=O)Nc1nc(C2CCCN2c2ccccc2)cs1. The van der Waals surface area contributed by atoms with Crippen LogP contribution in [0.5, 0.6) is 0 Å². The van der Waals surface area contributed by atoms with Crippen LogP contribution in [0.3, 0.4) is 0 Å². The largest absolute Gasteiger partial charge is 0.364 e. The molecule has 1 aromatic carbocycles. The number of carbonyl (C=O) groups is 1. The van der Waals surface area contributed by atoms with Gasteiger partial charge in [0.1, 0.15) is 6.10 Å². The Bertz CT molecular complexity index is 932. The van der Waals surface area contributed by atoms with Crippen molar-refractivity contribution in [1.29, 1.82) is 0 Å². The minimum atomic E-state index is -0.567. The van der Waals surface area contributed by atoms with Crippen molar-refractivity contribution in [2.45, 2.75) is 38.5 Å². The number of nitrogens with one attached hydrogen (secondary N) is 1. The number of pyridine rings is 1. The van der Waals surface area contributed by atoms with Gasteiger partial charge in [0.2, 0.25) is 0 Å². The molecule has 1 amide bonds. The van der Waals surface area contributed by atoms with E-state index in [4.69, 9.17) is 4.74 Å². The minimum absolute atomic E-state index is 0.189. The first-order valence-corrected chi connectivity index (χ1v) is 10.7. The quantitative estimate of drug-likeness (QED) is 0.627. The lowest BCUT2D eigenvalue weighted by atomic mass is 10.1. The first kappa shape index (κ1) is 19.5. The summed E-state index contributed by atoms with van der Waals surface area (Å²) in [5, 5.41) is 5.55. The lowest BCUT2D eigenvalue weighted by molar-refractivity contribution is -0.127. The number of benzene rings is 1. The lowest BCUT2D eigenvalue weighted by Gasteiger charge is -2.25. The zero-order valence-corrected chi connectivity index (χ0v) is 17.1. The fourth-order valence-corrected chi connectivity index (χ4v) is 4.24. The number of nitrogens with zero attached hydrogens (tertiary/aromatic N) is 3. The maximum atomic E-state index is 12.5. The molecule has 0 saturated carbocycles. The topological polar surface area (TPSA) is 67.3 Å². The second-order valence-corrected chi connectivity index (χ2v) is 7.92. The van der Waals surface area contributed by atoms with Crippen LogP contribution in [0.4, 0.5) is 10.8 Å². The summed E-state index contributed by atoms with van der Waals surface area (Å²) < 4.78 is 5.67. The Labute approximate surface area is 174 Å². The zero-order valence-electron chi connectivity index (χ0n) is 16.3. The van der Waals surface area contributed by atoms with E-state index >= 15 is 0 Å². The number of para-hydroxylation sites is 1. The van der Waals surface area contributed by atoms with Crippen molar-refractivity contribution < 1.29 is 9.53 Å². The molecule has 1 fully saturated rings. The van der Waals surface area contributed by atoms with Crippen LogP contribution in [-0.4, -0.2) is 28.5 Å². The third-order valence-electron chi connectivity index (χ3n) is 5.05. The molecule has 0 aliphatic carbocycles. The number of carbonyl (C=O) groups excluding carboxylic acids is 1. The van der Waals surface area contributed by atoms with Crippen molar-refractivity contribution in [1.82, 2.24) is 9.97 Å². The first-order chi connectivity index (χ1) is 14.2. The Balaban J connectivity index is 1.35. The highest BCUT2D eigenvalue weighted by molar-refractivity contribution is 7.13. The van der Waals surface area contributed by atoms with Gasteiger partial charge in [-0.15, -0.1) is 11.3 Å². The summed E-state index contributed by atoms with van der Waals surface area (Å²) in [7, 11) is 0. The molecule has 1 aliphatic heterocycles. The third kappa shape index (κ3) is 4.81. The van der Waals surface area contributed by atoms with Crippen molar-refractivity contribution in [2.24, 2.45) is 0 Å². The first-order valence-electron chi connectivity index (χ1n) is 9.79. The molecule has 3 aromatic rings. The third-order valence-corrected chi connectivity index (χ3v) is 5.83. The van der Waals surface area contributed by atoms with Gasteiger partial charge in [-0.1, -0.05) is 18.2 Å². The van der Waals surface area contributed by atoms with Gasteiger partial charge in [-0.2, -0.15) is 0 Å². The van der Waals surface area contributed by atoms with Crippen LogP contribution in [0.25, 0.3) is 0 Å². The van der Waals surface area contributed by atoms with E-state index in [-0.39, 0.29) is 11.9 Å². The fourth-order valence-electron chi connectivity index (χ4n) is 3.48. The van der Waals surface area contributed by atoms with E-state index in [0.29, 0.717) is 11.7 Å². The highest BCUT2D eigenvalue weighted by Gasteiger charge is 2.28. The Morgan fingerprint density at radius 1 is 1.28 bits per heavy atom. The number of ether oxygens (including phenoxy) is 1. The standard InChI is InChI=1S/C22H24N4O2S/c1-16(28-14-17-9-11-23-12-10-17)21(27)25-22-24-19(15-29-22)20-8-5-13-26(20)18-6-3-2-4-7-18/h2-4,6-7,9-12,15-16,20H,5,8,13-14H2,1H3,(H,24,25,27). The van der Waals surface area contributed by atoms with E-state index in [1.807, 2.05) is 23.6 Å². The van der Waals surface area contributed by atoms with E-state index < -0.39 is 6.10 Å². The summed E-state index contributed by atoms with van der Waals surface area (Å²) in [6.45, 7) is 3.14. The normalized spacial score (nSPS) is 17.3. The van der Waals surface area contributed by atoms with Gasteiger partial charge in [0, 0.05) is 30.0 Å². The number of anilines is 2. The second-order valence-electron chi connectivity index (χ2n) is 7.06. The van der Waals surface area contributed by atoms with E-state index in [1.54, 1.807) is 19.3 Å². The summed E-state index contributed by atoms with van der Waals surface area (Å²) >= 11 is 1.46. The summed E-state index contributed by atoms with van der Waals surface area (Å²) in [4.78, 5) is 23.5. The van der Waals surface area contributed by atoms with E-state index in [2.05, 4.69) is 44.5 Å². The zero-order chi connectivity index (χ0) is 20.1. The molecule has 29 heavy (non-hydrogen) atoms. The second kappa shape index (κ2) is 9.15. The molecule has 1 aliphatic rings. The molecular formula is C22H24N4O2S. The average Bonchev–Trinajstić information content (AvgIpc) is 3.42. The van der Waals surface area contributed by atoms with Crippen molar-refractivity contribution in [3.05, 3.63) is 71.5 Å². The Kier molecular flexibility index (Phi) is 6.17. The molecule has 0 spiro atoms.